The molecule has 0 heterocycles. The van der Waals surface area contributed by atoms with Gasteiger partial charge in [-0.2, -0.15) is 16.7 Å². The summed E-state index contributed by atoms with van der Waals surface area (Å²) in [4.78, 5) is 0. The van der Waals surface area contributed by atoms with Crippen molar-refractivity contribution in [2.75, 3.05) is 0 Å². The average Bonchev–Trinajstić information content (AvgIpc) is 1.62. The van der Waals surface area contributed by atoms with E-state index in [0.29, 0.717) is 0 Å². The number of hydrogen-bond acceptors (Lipinski definition) is 0. The summed E-state index contributed by atoms with van der Waals surface area (Å²) in [5, 5.41) is 10.3. The summed E-state index contributed by atoms with van der Waals surface area (Å²) in [5.41, 5.74) is 35.7. The van der Waals surface area contributed by atoms with Crippen molar-refractivity contribution in [3.63, 3.8) is 0 Å². The zero-order valence-electron chi connectivity index (χ0n) is 70.0. The molecule has 0 atom stereocenters. The van der Waals surface area contributed by atoms with Crippen molar-refractivity contribution in [1.82, 2.24) is 0 Å². The zero-order valence-corrected chi connectivity index (χ0v) is 78.5. The molecule has 0 aromatic heterocycles. The second-order valence-corrected chi connectivity index (χ2v) is 24.3. The fourth-order valence-electron chi connectivity index (χ4n) is 14.0. The molecule has 0 amide bonds. The fraction of sp³-hybridized carbons (Fsp3) is 0.255. The number of rotatable bonds is 3. The Balaban J connectivity index is 0. The molecule has 0 saturated carbocycles. The van der Waals surface area contributed by atoms with E-state index in [1.54, 1.807) is 18.2 Å². The van der Waals surface area contributed by atoms with Gasteiger partial charge in [-0.3, -0.25) is 34.9 Å². The van der Waals surface area contributed by atoms with Crippen LogP contribution in [-0.4, -0.2) is 0 Å². The average molecular weight is 1720 g/mol. The third kappa shape index (κ3) is 22.9. The third-order valence-electron chi connectivity index (χ3n) is 19.2. The molecule has 0 saturated heterocycles. The van der Waals surface area contributed by atoms with Gasteiger partial charge in [-0.15, -0.1) is 52.6 Å². The van der Waals surface area contributed by atoms with Gasteiger partial charge in [0, 0.05) is 98.1 Å². The minimum absolute atomic E-state index is 0. The predicted molar refractivity (Wildman–Crippen MR) is 501 cm³/mol. The molecule has 585 valence electrons. The first-order chi connectivity index (χ1) is 51.8. The summed E-state index contributed by atoms with van der Waals surface area (Å²) in [6.45, 7) is 67.1. The summed E-state index contributed by atoms with van der Waals surface area (Å²) in [7, 11) is 0. The van der Waals surface area contributed by atoms with Crippen LogP contribution in [0.1, 0.15) is 218 Å². The van der Waals surface area contributed by atoms with Gasteiger partial charge in [0.15, 0.2) is 0 Å². The first-order valence-corrected chi connectivity index (χ1v) is 39.0. The summed E-state index contributed by atoms with van der Waals surface area (Å²) in [6.07, 6.45) is 15.6. The Hall–Kier alpha value is -7.35. The van der Waals surface area contributed by atoms with Crippen molar-refractivity contribution in [3.05, 3.63) is 352 Å². The van der Waals surface area contributed by atoms with Crippen LogP contribution in [0.5, 0.6) is 0 Å². The molecule has 0 fully saturated rings. The Labute approximate surface area is 764 Å². The Kier molecular flexibility index (Phi) is 50.5. The Morgan fingerprint density at radius 2 is 0.531 bits per heavy atom. The van der Waals surface area contributed by atoms with E-state index in [1.807, 2.05) is 111 Å². The van der Waals surface area contributed by atoms with Crippen molar-refractivity contribution in [1.29, 1.82) is 0 Å². The molecule has 0 nitrogen and oxygen atoms in total. The van der Waals surface area contributed by atoms with Gasteiger partial charge in [-0.05, 0) is 120 Å². The molecule has 0 bridgehead atoms. The van der Waals surface area contributed by atoms with Crippen molar-refractivity contribution in [3.8, 4) is 66.8 Å². The van der Waals surface area contributed by atoms with Crippen LogP contribution in [0.2, 0.25) is 0 Å². The van der Waals surface area contributed by atoms with Crippen LogP contribution >= 0.6 is 0 Å². The van der Waals surface area contributed by atoms with E-state index >= 15 is 0 Å². The van der Waals surface area contributed by atoms with E-state index in [-0.39, 0.29) is 128 Å². The minimum atomic E-state index is 0. The van der Waals surface area contributed by atoms with Crippen LogP contribution in [0.15, 0.2) is 237 Å². The molecule has 3 radical (unpaired) electrons. The van der Waals surface area contributed by atoms with Crippen molar-refractivity contribution in [2.24, 2.45) is 0 Å². The van der Waals surface area contributed by atoms with Gasteiger partial charge in [-0.1, -0.05) is 413 Å². The Morgan fingerprint density at radius 3 is 0.982 bits per heavy atom. The molecule has 0 aliphatic heterocycles. The number of fused-ring (bicyclic) bond motifs is 11. The molecule has 4 aliphatic carbocycles. The van der Waals surface area contributed by atoms with Gasteiger partial charge in [0.1, 0.15) is 0 Å². The third-order valence-corrected chi connectivity index (χ3v) is 19.2. The number of aryl methyl sites for hydroxylation is 7. The maximum absolute atomic E-state index is 5.93. The van der Waals surface area contributed by atoms with Gasteiger partial charge in [0.05, 0.1) is 0 Å². The van der Waals surface area contributed by atoms with E-state index in [2.05, 4.69) is 292 Å². The molecule has 0 N–H and O–H groups in total. The monoisotopic (exact) mass is 1720 g/mol. The summed E-state index contributed by atoms with van der Waals surface area (Å²) < 4.78 is 0. The first-order valence-electron chi connectivity index (χ1n) is 39.0. The molecular weight excluding hydrogens is 1590 g/mol. The van der Waals surface area contributed by atoms with Gasteiger partial charge in [-0.25, -0.2) is 18.2 Å². The Morgan fingerprint density at radius 1 is 0.221 bits per heavy atom. The quantitative estimate of drug-likeness (QED) is 0.155. The molecule has 13 aromatic carbocycles. The second kappa shape index (κ2) is 53.0. The van der Waals surface area contributed by atoms with Crippen LogP contribution < -0.4 is 0 Å². The summed E-state index contributed by atoms with van der Waals surface area (Å²) in [5.74, 6) is 0. The minimum Gasteiger partial charge on any atom is -0.334 e. The van der Waals surface area contributed by atoms with Gasteiger partial charge < -0.3 is 19.7 Å². The number of allylic oxidation sites excluding steroid dienone is 6. The van der Waals surface area contributed by atoms with Crippen molar-refractivity contribution >= 4 is 59.8 Å². The predicted octanol–water partition coefficient (Wildman–Crippen LogP) is 34.5. The molecular formula is C110H130Y3-6. The number of hydrogen-bond donors (Lipinski definition) is 0. The van der Waals surface area contributed by atoms with E-state index in [4.69, 9.17) is 19.7 Å². The Bertz CT molecular complexity index is 5270. The molecule has 3 heteroatoms. The fourth-order valence-corrected chi connectivity index (χ4v) is 14.0. The largest absolute Gasteiger partial charge is 0.334 e. The van der Waals surface area contributed by atoms with Crippen LogP contribution in [0, 0.1) is 93.4 Å². The molecule has 0 unspecified atom stereocenters. The SMILES string of the molecule is C.C.C.C.CC.CC.CC.CC.CC.CC.CC.CC.Cc1cc2c3c(cccc3c1C)-c1ccccc1-c1ccccc1-2.[CH-]=CC1=[C-]c2c(ccc(C)c2C)-c2cccc3cccc1c23.[CH-]=CC1=[C-]c2cc(C)c(C)cc2-c2cccc3cccc1c23.[CH-]=CC1=[C-]c2cccc3cccc(c23)-c2cc(C)c(C)cc21.[Y].[Y].[Y]. The molecule has 4 aliphatic rings. The van der Waals surface area contributed by atoms with E-state index < -0.39 is 0 Å². The number of benzene rings is 13. The maximum Gasteiger partial charge on any atom is 0 e. The smallest absolute Gasteiger partial charge is 0 e. The summed E-state index contributed by atoms with van der Waals surface area (Å²) >= 11 is 0. The first kappa shape index (κ1) is 108. The molecule has 0 spiro atoms. The van der Waals surface area contributed by atoms with Gasteiger partial charge in [0.2, 0.25) is 0 Å². The van der Waals surface area contributed by atoms with Crippen LogP contribution in [0.4, 0.5) is 0 Å². The molecule has 13 aromatic rings. The summed E-state index contributed by atoms with van der Waals surface area (Å²) in [6, 6.07) is 78.6. The van der Waals surface area contributed by atoms with E-state index in [1.165, 1.54) is 154 Å². The van der Waals surface area contributed by atoms with Crippen molar-refractivity contribution in [2.45, 2.75) is 196 Å². The van der Waals surface area contributed by atoms with Gasteiger partial charge >= 0.3 is 0 Å². The normalized spacial score (nSPS) is 10.2. The van der Waals surface area contributed by atoms with E-state index in [0.717, 1.165) is 50.1 Å². The molecule has 17 rings (SSSR count). The standard InChI is InChI=1S/C24H18.3C22H16.8C2H6.4CH4.3Y/c1-15-14-23-21-11-6-4-9-19(21)18-8-3-5-10-20(18)22-13-7-12-17(16(15)2)24(22)23;1-4-16-13-18-11-14(2)15(3)12-21(18)20-10-6-8-17-7-5-9-19(16)22(17)20;1-4-16-13-18-9-5-7-17-8-6-10-19(22(17)18)21-12-15(3)14(2)11-20(16)21;1-4-16-13-21-15(3)14(2)11-12-19(21)20-10-6-8-17-7-5-9-18(16)22(17)20;8*1-2;;;;;;;/h3-14H,1-2H3;3*1,4-12H,2-3H3;8*1-2H3;4*1H4;;;/q;3*-2;;;;;;;;;;;;;;;. The van der Waals surface area contributed by atoms with Crippen LogP contribution in [0.25, 0.3) is 127 Å². The van der Waals surface area contributed by atoms with Gasteiger partial charge in [0.25, 0.3) is 0 Å². The maximum atomic E-state index is 5.93. The topological polar surface area (TPSA) is 0 Å². The van der Waals surface area contributed by atoms with Crippen LogP contribution in [-0.2, 0) is 98.1 Å². The molecule has 113 heavy (non-hydrogen) atoms. The zero-order chi connectivity index (χ0) is 78.1. The van der Waals surface area contributed by atoms with E-state index in [9.17, 15) is 0 Å². The second-order valence-electron chi connectivity index (χ2n) is 24.3. The van der Waals surface area contributed by atoms with Crippen molar-refractivity contribution < 1.29 is 98.1 Å². The van der Waals surface area contributed by atoms with Crippen LogP contribution in [0.3, 0.4) is 0 Å².